The number of ether oxygens (including phenoxy) is 1. The number of rotatable bonds is 5. The van der Waals surface area contributed by atoms with E-state index in [-0.39, 0.29) is 22.2 Å². The Hall–Kier alpha value is -3.93. The van der Waals surface area contributed by atoms with Gasteiger partial charge in [0.05, 0.1) is 5.56 Å². The van der Waals surface area contributed by atoms with Crippen LogP contribution in [0.3, 0.4) is 0 Å². The summed E-state index contributed by atoms with van der Waals surface area (Å²) in [6, 6.07) is 7.25. The summed E-state index contributed by atoms with van der Waals surface area (Å²) in [6.07, 6.45) is -2.17. The molecule has 3 heterocycles. The maximum atomic E-state index is 13.5. The number of nitrogen functional groups attached to an aromatic ring is 1. The second-order valence-electron chi connectivity index (χ2n) is 6.73. The minimum Gasteiger partial charge on any atom is -0.405 e. The molecule has 4 aromatic rings. The highest BCUT2D eigenvalue weighted by Gasteiger charge is 2.32. The molecule has 8 nitrogen and oxygen atoms in total. The second kappa shape index (κ2) is 8.54. The molecule has 0 unspecified atom stereocenters. The van der Waals surface area contributed by atoms with Gasteiger partial charge in [-0.15, -0.1) is 18.3 Å². The van der Waals surface area contributed by atoms with Crippen LogP contribution in [0.25, 0.3) is 16.8 Å². The number of hydrogen-bond donors (Lipinski definition) is 2. The highest BCUT2D eigenvalue weighted by molar-refractivity contribution is 6.32. The molecule has 170 valence electrons. The van der Waals surface area contributed by atoms with Crippen LogP contribution in [0, 0.1) is 5.82 Å². The largest absolute Gasteiger partial charge is 0.573 e. The number of aromatic nitrogens is 4. The minimum absolute atomic E-state index is 0.0740. The summed E-state index contributed by atoms with van der Waals surface area (Å²) in [7, 11) is 0. The van der Waals surface area contributed by atoms with Crippen LogP contribution in [-0.2, 0) is 6.54 Å². The highest BCUT2D eigenvalue weighted by atomic mass is 35.5. The molecular weight excluding hydrogens is 468 g/mol. The Morgan fingerprint density at radius 1 is 1.21 bits per heavy atom. The van der Waals surface area contributed by atoms with E-state index >= 15 is 0 Å². The number of nitrogens with zero attached hydrogens (tertiary/aromatic N) is 4. The van der Waals surface area contributed by atoms with Crippen LogP contribution in [-0.4, -0.2) is 31.9 Å². The summed E-state index contributed by atoms with van der Waals surface area (Å²) in [5.41, 5.74) is 6.88. The Kier molecular flexibility index (Phi) is 5.77. The number of fused-ring (bicyclic) bond motifs is 1. The van der Waals surface area contributed by atoms with Gasteiger partial charge in [0.1, 0.15) is 16.7 Å². The summed E-state index contributed by atoms with van der Waals surface area (Å²) in [4.78, 5) is 20.7. The molecular formula is C20H13ClF4N6O2. The van der Waals surface area contributed by atoms with Crippen molar-refractivity contribution in [3.05, 3.63) is 70.9 Å². The molecule has 0 aliphatic heterocycles. The zero-order chi connectivity index (χ0) is 23.8. The van der Waals surface area contributed by atoms with Gasteiger partial charge in [0.25, 0.3) is 5.91 Å². The number of alkyl halides is 3. The van der Waals surface area contributed by atoms with Crippen molar-refractivity contribution in [3.63, 3.8) is 0 Å². The Bertz CT molecular complexity index is 1360. The molecule has 0 atom stereocenters. The molecule has 0 saturated carbocycles. The maximum absolute atomic E-state index is 13.5. The standard InChI is InChI=1S/C20H13ClF4N6O2/c21-17-14(10-3-4-31-16(7-10)29-19(26)30-31)6-12(9-27-17)18(32)28-8-11-5-13(22)1-2-15(11)33-20(23,24)25/h1-7,9H,8H2,(H2,26,30)(H,28,32). The first kappa shape index (κ1) is 22.3. The van der Waals surface area contributed by atoms with Gasteiger partial charge in [-0.2, -0.15) is 4.98 Å². The van der Waals surface area contributed by atoms with Gasteiger partial charge in [-0.05, 0) is 42.0 Å². The van der Waals surface area contributed by atoms with Crippen LogP contribution in [0.15, 0.2) is 48.8 Å². The van der Waals surface area contributed by atoms with Gasteiger partial charge in [-0.3, -0.25) is 4.79 Å². The summed E-state index contributed by atoms with van der Waals surface area (Å²) in [5, 5.41) is 6.49. The van der Waals surface area contributed by atoms with Crippen molar-refractivity contribution in [2.45, 2.75) is 12.9 Å². The van der Waals surface area contributed by atoms with Crippen LogP contribution >= 0.6 is 11.6 Å². The van der Waals surface area contributed by atoms with Crippen LogP contribution in [0.4, 0.5) is 23.5 Å². The lowest BCUT2D eigenvalue weighted by molar-refractivity contribution is -0.274. The van der Waals surface area contributed by atoms with Crippen molar-refractivity contribution < 1.29 is 27.1 Å². The number of hydrogen-bond acceptors (Lipinski definition) is 6. The lowest BCUT2D eigenvalue weighted by Crippen LogP contribution is -2.24. The van der Waals surface area contributed by atoms with Gasteiger partial charge in [0.2, 0.25) is 5.95 Å². The smallest absolute Gasteiger partial charge is 0.405 e. The SMILES string of the molecule is Nc1nc2cc(-c3cc(C(=O)NCc4cc(F)ccc4OC(F)(F)F)cnc3Cl)ccn2n1. The molecule has 13 heteroatoms. The predicted molar refractivity (Wildman–Crippen MR) is 110 cm³/mol. The number of carbonyl (C=O) groups excluding carboxylic acids is 1. The van der Waals surface area contributed by atoms with E-state index in [2.05, 4.69) is 25.1 Å². The second-order valence-corrected chi connectivity index (χ2v) is 7.09. The molecule has 0 bridgehead atoms. The fourth-order valence-electron chi connectivity index (χ4n) is 3.03. The number of pyridine rings is 2. The third-order valence-corrected chi connectivity index (χ3v) is 4.75. The van der Waals surface area contributed by atoms with E-state index in [1.807, 2.05) is 0 Å². The zero-order valence-corrected chi connectivity index (χ0v) is 17.2. The highest BCUT2D eigenvalue weighted by Crippen LogP contribution is 2.29. The van der Waals surface area contributed by atoms with Gasteiger partial charge in [-0.25, -0.2) is 13.9 Å². The van der Waals surface area contributed by atoms with Crippen LogP contribution in [0.5, 0.6) is 5.75 Å². The number of benzene rings is 1. The molecule has 0 spiro atoms. The first-order valence-corrected chi connectivity index (χ1v) is 9.57. The molecule has 0 aliphatic rings. The van der Waals surface area contributed by atoms with E-state index in [1.165, 1.54) is 16.8 Å². The monoisotopic (exact) mass is 480 g/mol. The first-order valence-electron chi connectivity index (χ1n) is 9.19. The molecule has 4 rings (SSSR count). The lowest BCUT2D eigenvalue weighted by atomic mass is 10.1. The van der Waals surface area contributed by atoms with Gasteiger partial charge >= 0.3 is 6.36 Å². The van der Waals surface area contributed by atoms with Crippen molar-refractivity contribution in [2.24, 2.45) is 0 Å². The van der Waals surface area contributed by atoms with Crippen LogP contribution in [0.1, 0.15) is 15.9 Å². The third kappa shape index (κ3) is 5.12. The van der Waals surface area contributed by atoms with E-state index in [9.17, 15) is 22.4 Å². The molecule has 1 amide bonds. The Labute approximate surface area is 188 Å². The van der Waals surface area contributed by atoms with Gasteiger partial charge < -0.3 is 15.8 Å². The fraction of sp³-hybridized carbons (Fsp3) is 0.100. The molecule has 0 radical (unpaired) electrons. The minimum atomic E-state index is -4.97. The topological polar surface area (TPSA) is 107 Å². The summed E-state index contributed by atoms with van der Waals surface area (Å²) >= 11 is 6.19. The molecule has 3 aromatic heterocycles. The zero-order valence-electron chi connectivity index (χ0n) is 16.4. The van der Waals surface area contributed by atoms with Crippen molar-refractivity contribution in [1.82, 2.24) is 24.9 Å². The number of amides is 1. The summed E-state index contributed by atoms with van der Waals surface area (Å²) in [6.45, 7) is -0.426. The van der Waals surface area contributed by atoms with Crippen molar-refractivity contribution in [2.75, 3.05) is 5.73 Å². The Balaban J connectivity index is 1.57. The van der Waals surface area contributed by atoms with Crippen molar-refractivity contribution in [1.29, 1.82) is 0 Å². The average Bonchev–Trinajstić information content (AvgIpc) is 3.12. The Morgan fingerprint density at radius 3 is 2.76 bits per heavy atom. The molecule has 0 fully saturated rings. The van der Waals surface area contributed by atoms with Gasteiger partial charge in [0, 0.05) is 30.1 Å². The van der Waals surface area contributed by atoms with E-state index < -0.39 is 30.4 Å². The van der Waals surface area contributed by atoms with Crippen LogP contribution < -0.4 is 15.8 Å². The maximum Gasteiger partial charge on any atom is 0.573 e. The summed E-state index contributed by atoms with van der Waals surface area (Å²) < 4.78 is 56.6. The molecule has 3 N–H and O–H groups in total. The number of nitrogens with two attached hydrogens (primary N) is 1. The van der Waals surface area contributed by atoms with Crippen molar-refractivity contribution >= 4 is 29.1 Å². The predicted octanol–water partition coefficient (Wildman–Crippen LogP) is 3.99. The summed E-state index contributed by atoms with van der Waals surface area (Å²) in [5.74, 6) is -2.00. The molecule has 0 saturated heterocycles. The average molecular weight is 481 g/mol. The van der Waals surface area contributed by atoms with Crippen molar-refractivity contribution in [3.8, 4) is 16.9 Å². The number of nitrogens with one attached hydrogen (secondary N) is 1. The first-order chi connectivity index (χ1) is 15.6. The van der Waals surface area contributed by atoms with E-state index in [0.717, 1.165) is 18.2 Å². The van der Waals surface area contributed by atoms with Gasteiger partial charge in [0.15, 0.2) is 5.65 Å². The Morgan fingerprint density at radius 2 is 2.00 bits per heavy atom. The number of carbonyl (C=O) groups is 1. The van der Waals surface area contributed by atoms with Crippen LogP contribution in [0.2, 0.25) is 5.15 Å². The quantitative estimate of drug-likeness (QED) is 0.330. The fourth-order valence-corrected chi connectivity index (χ4v) is 3.24. The molecule has 1 aromatic carbocycles. The third-order valence-electron chi connectivity index (χ3n) is 4.45. The molecule has 0 aliphatic carbocycles. The number of halogens is 5. The lowest BCUT2D eigenvalue weighted by Gasteiger charge is -2.14. The van der Waals surface area contributed by atoms with E-state index in [0.29, 0.717) is 16.8 Å². The number of anilines is 1. The normalized spacial score (nSPS) is 11.5. The molecule has 33 heavy (non-hydrogen) atoms. The van der Waals surface area contributed by atoms with E-state index in [4.69, 9.17) is 17.3 Å². The van der Waals surface area contributed by atoms with Gasteiger partial charge in [-0.1, -0.05) is 11.6 Å². The van der Waals surface area contributed by atoms with E-state index in [1.54, 1.807) is 18.3 Å².